The van der Waals surface area contributed by atoms with Crippen LogP contribution in [0.5, 0.6) is 5.75 Å². The van der Waals surface area contributed by atoms with Crippen LogP contribution >= 0.6 is 11.8 Å². The van der Waals surface area contributed by atoms with E-state index < -0.39 is 0 Å². The summed E-state index contributed by atoms with van der Waals surface area (Å²) in [6.45, 7) is 2.84. The molecular weight excluding hydrogens is 294 g/mol. The first-order chi connectivity index (χ1) is 10.7. The van der Waals surface area contributed by atoms with Crippen molar-refractivity contribution in [1.29, 1.82) is 0 Å². The normalized spacial score (nSPS) is 10.3. The highest BCUT2D eigenvalue weighted by Gasteiger charge is 2.08. The minimum absolute atomic E-state index is 0.110. The average molecular weight is 315 g/mol. The highest BCUT2D eigenvalue weighted by atomic mass is 32.2. The van der Waals surface area contributed by atoms with Gasteiger partial charge in [-0.2, -0.15) is 0 Å². The maximum absolute atomic E-state index is 12.3. The van der Waals surface area contributed by atoms with Gasteiger partial charge in [0.1, 0.15) is 5.75 Å². The average Bonchev–Trinajstić information content (AvgIpc) is 2.56. The zero-order chi connectivity index (χ0) is 15.8. The minimum atomic E-state index is -0.110. The predicted molar refractivity (Wildman–Crippen MR) is 93.0 cm³/mol. The Morgan fingerprint density at radius 2 is 1.86 bits per heavy atom. The van der Waals surface area contributed by atoms with Crippen molar-refractivity contribution in [3.63, 3.8) is 0 Å². The van der Waals surface area contributed by atoms with Crippen molar-refractivity contribution in [3.05, 3.63) is 54.1 Å². The molecule has 0 radical (unpaired) electrons. The fraction of sp³-hybridized carbons (Fsp3) is 0.278. The highest BCUT2D eigenvalue weighted by molar-refractivity contribution is 7.98. The first kappa shape index (κ1) is 16.4. The van der Waals surface area contributed by atoms with E-state index in [1.165, 1.54) is 0 Å². The highest BCUT2D eigenvalue weighted by Crippen LogP contribution is 2.25. The fourth-order valence-electron chi connectivity index (χ4n) is 1.98. The Morgan fingerprint density at radius 1 is 1.14 bits per heavy atom. The van der Waals surface area contributed by atoms with Crippen LogP contribution < -0.4 is 10.1 Å². The molecule has 0 spiro atoms. The fourth-order valence-corrected chi connectivity index (χ4v) is 2.53. The van der Waals surface area contributed by atoms with Gasteiger partial charge < -0.3 is 10.1 Å². The second-order valence-corrected chi connectivity index (χ2v) is 5.73. The summed E-state index contributed by atoms with van der Waals surface area (Å²) in [7, 11) is 0. The van der Waals surface area contributed by atoms with Gasteiger partial charge in [0.2, 0.25) is 0 Å². The molecule has 1 N–H and O–H groups in total. The van der Waals surface area contributed by atoms with Gasteiger partial charge in [0.15, 0.2) is 0 Å². The van der Waals surface area contributed by atoms with E-state index in [0.717, 1.165) is 29.2 Å². The number of amides is 1. The molecule has 0 atom stereocenters. The summed E-state index contributed by atoms with van der Waals surface area (Å²) in [6.07, 6.45) is 4.14. The smallest absolute Gasteiger partial charge is 0.255 e. The van der Waals surface area contributed by atoms with Gasteiger partial charge in [0.05, 0.1) is 12.3 Å². The van der Waals surface area contributed by atoms with Crippen molar-refractivity contribution < 1.29 is 9.53 Å². The van der Waals surface area contributed by atoms with Gasteiger partial charge in [-0.25, -0.2) is 0 Å². The number of thioether (sulfide) groups is 1. The molecule has 22 heavy (non-hydrogen) atoms. The van der Waals surface area contributed by atoms with Crippen LogP contribution in [0.4, 0.5) is 5.69 Å². The van der Waals surface area contributed by atoms with Crippen molar-refractivity contribution in [3.8, 4) is 5.75 Å². The Labute approximate surface area is 136 Å². The molecule has 2 rings (SSSR count). The molecule has 0 aliphatic carbocycles. The SMILES string of the molecule is CCCCOc1ccc(C(=O)Nc2ccccc2SC)cc1. The predicted octanol–water partition coefficient (Wildman–Crippen LogP) is 4.84. The van der Waals surface area contributed by atoms with Gasteiger partial charge >= 0.3 is 0 Å². The molecule has 0 saturated carbocycles. The molecule has 0 heterocycles. The number of para-hydroxylation sites is 1. The number of carbonyl (C=O) groups excluding carboxylic acids is 1. The molecule has 2 aromatic carbocycles. The third-order valence-electron chi connectivity index (χ3n) is 3.24. The third-order valence-corrected chi connectivity index (χ3v) is 4.03. The minimum Gasteiger partial charge on any atom is -0.494 e. The molecular formula is C18H21NO2S. The molecule has 2 aromatic rings. The van der Waals surface area contributed by atoms with E-state index in [1.54, 1.807) is 23.9 Å². The van der Waals surface area contributed by atoms with Gasteiger partial charge in [0.25, 0.3) is 5.91 Å². The number of anilines is 1. The lowest BCUT2D eigenvalue weighted by Gasteiger charge is -2.10. The molecule has 0 aromatic heterocycles. The molecule has 3 nitrogen and oxygen atoms in total. The number of hydrogen-bond donors (Lipinski definition) is 1. The molecule has 0 bridgehead atoms. The maximum Gasteiger partial charge on any atom is 0.255 e. The first-order valence-corrected chi connectivity index (χ1v) is 8.64. The monoisotopic (exact) mass is 315 g/mol. The van der Waals surface area contributed by atoms with Gasteiger partial charge in [-0.3, -0.25) is 4.79 Å². The number of nitrogens with one attached hydrogen (secondary N) is 1. The lowest BCUT2D eigenvalue weighted by Crippen LogP contribution is -2.12. The second-order valence-electron chi connectivity index (χ2n) is 4.88. The Kier molecular flexibility index (Phi) is 6.34. The topological polar surface area (TPSA) is 38.3 Å². The number of carbonyl (C=O) groups is 1. The van der Waals surface area contributed by atoms with Crippen LogP contribution in [0.25, 0.3) is 0 Å². The van der Waals surface area contributed by atoms with Crippen molar-refractivity contribution in [2.24, 2.45) is 0 Å². The quantitative estimate of drug-likeness (QED) is 0.587. The molecule has 0 saturated heterocycles. The molecule has 1 amide bonds. The zero-order valence-electron chi connectivity index (χ0n) is 13.0. The van der Waals surface area contributed by atoms with Crippen molar-refractivity contribution in [2.45, 2.75) is 24.7 Å². The molecule has 0 aliphatic rings. The van der Waals surface area contributed by atoms with Crippen LogP contribution in [-0.2, 0) is 0 Å². The summed E-state index contributed by atoms with van der Waals surface area (Å²) in [5.41, 5.74) is 1.46. The van der Waals surface area contributed by atoms with Gasteiger partial charge in [-0.1, -0.05) is 25.5 Å². The van der Waals surface area contributed by atoms with E-state index in [-0.39, 0.29) is 5.91 Å². The van der Waals surface area contributed by atoms with Crippen LogP contribution in [0.2, 0.25) is 0 Å². The van der Waals surface area contributed by atoms with Gasteiger partial charge in [-0.15, -0.1) is 11.8 Å². The van der Waals surface area contributed by atoms with Crippen molar-refractivity contribution in [2.75, 3.05) is 18.2 Å². The van der Waals surface area contributed by atoms with Crippen LogP contribution in [0, 0.1) is 0 Å². The summed E-state index contributed by atoms with van der Waals surface area (Å²) in [4.78, 5) is 13.3. The molecule has 0 aliphatic heterocycles. The number of ether oxygens (including phenoxy) is 1. The standard InChI is InChI=1S/C18H21NO2S/c1-3-4-13-21-15-11-9-14(10-12-15)18(20)19-16-7-5-6-8-17(16)22-2/h5-12H,3-4,13H2,1-2H3,(H,19,20). The van der Waals surface area contributed by atoms with Crippen molar-refractivity contribution >= 4 is 23.4 Å². The van der Waals surface area contributed by atoms with E-state index in [2.05, 4.69) is 12.2 Å². The second kappa shape index (κ2) is 8.49. The zero-order valence-corrected chi connectivity index (χ0v) is 13.8. The maximum atomic E-state index is 12.3. The number of unbranched alkanes of at least 4 members (excludes halogenated alkanes) is 1. The van der Waals surface area contributed by atoms with Crippen molar-refractivity contribution in [1.82, 2.24) is 0 Å². The van der Waals surface area contributed by atoms with E-state index in [9.17, 15) is 4.79 Å². The Bertz CT molecular complexity index is 611. The lowest BCUT2D eigenvalue weighted by atomic mass is 10.2. The molecule has 4 heteroatoms. The van der Waals surface area contributed by atoms with Gasteiger partial charge in [-0.05, 0) is 49.1 Å². The summed E-state index contributed by atoms with van der Waals surface area (Å²) in [5.74, 6) is 0.691. The van der Waals surface area contributed by atoms with Gasteiger partial charge in [0, 0.05) is 10.5 Å². The van der Waals surface area contributed by atoms with Crippen LogP contribution in [0.1, 0.15) is 30.1 Å². The Morgan fingerprint density at radius 3 is 2.55 bits per heavy atom. The van der Waals surface area contributed by atoms with Crippen LogP contribution in [0.15, 0.2) is 53.4 Å². The van der Waals surface area contributed by atoms with E-state index in [1.807, 2.05) is 42.7 Å². The van der Waals surface area contributed by atoms with E-state index >= 15 is 0 Å². The van der Waals surface area contributed by atoms with Crippen LogP contribution in [0.3, 0.4) is 0 Å². The Hall–Kier alpha value is -1.94. The summed E-state index contributed by atoms with van der Waals surface area (Å²) in [5, 5.41) is 2.95. The number of rotatable bonds is 7. The largest absolute Gasteiger partial charge is 0.494 e. The number of benzene rings is 2. The lowest BCUT2D eigenvalue weighted by molar-refractivity contribution is 0.102. The first-order valence-electron chi connectivity index (χ1n) is 7.42. The van der Waals surface area contributed by atoms with E-state index in [4.69, 9.17) is 4.74 Å². The molecule has 0 fully saturated rings. The summed E-state index contributed by atoms with van der Waals surface area (Å²) < 4.78 is 5.60. The number of hydrogen-bond acceptors (Lipinski definition) is 3. The molecule has 0 unspecified atom stereocenters. The summed E-state index contributed by atoms with van der Waals surface area (Å²) in [6, 6.07) is 15.0. The van der Waals surface area contributed by atoms with Crippen LogP contribution in [-0.4, -0.2) is 18.8 Å². The van der Waals surface area contributed by atoms with E-state index in [0.29, 0.717) is 12.2 Å². The molecule has 116 valence electrons. The summed E-state index contributed by atoms with van der Waals surface area (Å²) >= 11 is 1.61. The Balaban J connectivity index is 2.00. The third kappa shape index (κ3) is 4.53.